The van der Waals surface area contributed by atoms with Gasteiger partial charge in [0.15, 0.2) is 0 Å². The Bertz CT molecular complexity index is 154. The Morgan fingerprint density at radius 1 is 1.25 bits per heavy atom. The molecule has 0 rings (SSSR count). The quantitative estimate of drug-likeness (QED) is 0.672. The van der Waals surface area contributed by atoms with E-state index in [1.807, 2.05) is 0 Å². The first-order valence-electron chi connectivity index (χ1n) is 4.69. The first-order chi connectivity index (χ1) is 5.31. The Balaban J connectivity index is 4.22. The molecule has 0 aliphatic heterocycles. The summed E-state index contributed by atoms with van der Waals surface area (Å²) in [4.78, 5) is 0. The molecule has 1 nitrogen and oxygen atoms in total. The van der Waals surface area contributed by atoms with E-state index in [1.165, 1.54) is 0 Å². The van der Waals surface area contributed by atoms with E-state index in [0.29, 0.717) is 5.04 Å². The van der Waals surface area contributed by atoms with Gasteiger partial charge in [-0.2, -0.15) is 0 Å². The SMILES string of the molecule is CC(C)(C)[Si](C)(C)C=CCCN. The summed E-state index contributed by atoms with van der Waals surface area (Å²) in [6.07, 6.45) is 3.27. The van der Waals surface area contributed by atoms with Crippen LogP contribution in [0.5, 0.6) is 0 Å². The summed E-state index contributed by atoms with van der Waals surface area (Å²) in [6.45, 7) is 12.6. The van der Waals surface area contributed by atoms with Crippen LogP contribution in [0.2, 0.25) is 18.1 Å². The molecular formula is C10H23NSi. The van der Waals surface area contributed by atoms with Crippen molar-refractivity contribution in [3.8, 4) is 0 Å². The fourth-order valence-corrected chi connectivity index (χ4v) is 1.98. The van der Waals surface area contributed by atoms with Gasteiger partial charge in [0, 0.05) is 0 Å². The molecule has 0 saturated carbocycles. The number of hydrogen-bond donors (Lipinski definition) is 1. The minimum atomic E-state index is -1.18. The maximum absolute atomic E-state index is 5.43. The zero-order chi connectivity index (χ0) is 9.83. The Morgan fingerprint density at radius 2 is 1.75 bits per heavy atom. The molecule has 0 heterocycles. The van der Waals surface area contributed by atoms with Crippen LogP contribution in [-0.4, -0.2) is 14.6 Å². The van der Waals surface area contributed by atoms with Crippen molar-refractivity contribution in [1.29, 1.82) is 0 Å². The van der Waals surface area contributed by atoms with E-state index in [2.05, 4.69) is 45.6 Å². The van der Waals surface area contributed by atoms with Crippen LogP contribution in [0.3, 0.4) is 0 Å². The molecule has 0 atom stereocenters. The van der Waals surface area contributed by atoms with Crippen LogP contribution in [0.25, 0.3) is 0 Å². The molecule has 0 amide bonds. The van der Waals surface area contributed by atoms with Gasteiger partial charge in [0.2, 0.25) is 0 Å². The van der Waals surface area contributed by atoms with Gasteiger partial charge in [-0.3, -0.25) is 0 Å². The molecule has 0 bridgehead atoms. The lowest BCUT2D eigenvalue weighted by Crippen LogP contribution is -2.34. The second kappa shape index (κ2) is 4.24. The molecule has 2 N–H and O–H groups in total. The first kappa shape index (κ1) is 11.9. The highest BCUT2D eigenvalue weighted by molar-refractivity contribution is 6.84. The van der Waals surface area contributed by atoms with E-state index < -0.39 is 8.07 Å². The molecule has 0 radical (unpaired) electrons. The summed E-state index contributed by atoms with van der Waals surface area (Å²) < 4.78 is 0. The van der Waals surface area contributed by atoms with E-state index >= 15 is 0 Å². The molecular weight excluding hydrogens is 162 g/mol. The Morgan fingerprint density at radius 3 is 2.08 bits per heavy atom. The average molecular weight is 185 g/mol. The van der Waals surface area contributed by atoms with Gasteiger partial charge in [0.25, 0.3) is 0 Å². The van der Waals surface area contributed by atoms with Crippen LogP contribution < -0.4 is 5.73 Å². The molecule has 0 fully saturated rings. The molecule has 12 heavy (non-hydrogen) atoms. The Hall–Kier alpha value is -0.0831. The van der Waals surface area contributed by atoms with E-state index in [4.69, 9.17) is 5.73 Å². The molecule has 0 aromatic carbocycles. The van der Waals surface area contributed by atoms with Crippen LogP contribution in [0.4, 0.5) is 0 Å². The molecule has 0 aromatic rings. The fourth-order valence-electron chi connectivity index (χ4n) is 0.724. The summed E-state index contributed by atoms with van der Waals surface area (Å²) in [6, 6.07) is 0. The lowest BCUT2D eigenvalue weighted by Gasteiger charge is -2.34. The van der Waals surface area contributed by atoms with Crippen LogP contribution in [-0.2, 0) is 0 Å². The largest absolute Gasteiger partial charge is 0.330 e. The van der Waals surface area contributed by atoms with Gasteiger partial charge in [0.05, 0.1) is 8.07 Å². The van der Waals surface area contributed by atoms with E-state index in [0.717, 1.165) is 13.0 Å². The van der Waals surface area contributed by atoms with E-state index in [1.54, 1.807) is 0 Å². The molecule has 0 aliphatic carbocycles. The molecule has 0 aromatic heterocycles. The summed E-state index contributed by atoms with van der Waals surface area (Å²) in [5.41, 5.74) is 7.85. The van der Waals surface area contributed by atoms with E-state index in [9.17, 15) is 0 Å². The van der Waals surface area contributed by atoms with Crippen molar-refractivity contribution in [2.75, 3.05) is 6.54 Å². The highest BCUT2D eigenvalue weighted by atomic mass is 28.3. The number of rotatable bonds is 3. The number of hydrogen-bond acceptors (Lipinski definition) is 1. The highest BCUT2D eigenvalue weighted by Crippen LogP contribution is 2.36. The smallest absolute Gasteiger partial charge is 0.0766 e. The van der Waals surface area contributed by atoms with Gasteiger partial charge in [0.1, 0.15) is 0 Å². The zero-order valence-electron chi connectivity index (χ0n) is 9.15. The van der Waals surface area contributed by atoms with Crippen LogP contribution in [0.1, 0.15) is 27.2 Å². The van der Waals surface area contributed by atoms with Crippen molar-refractivity contribution in [3.05, 3.63) is 11.8 Å². The molecule has 0 unspecified atom stereocenters. The van der Waals surface area contributed by atoms with Crippen molar-refractivity contribution in [2.45, 2.75) is 45.3 Å². The van der Waals surface area contributed by atoms with Gasteiger partial charge < -0.3 is 5.73 Å². The molecule has 72 valence electrons. The number of nitrogens with two attached hydrogens (primary N) is 1. The molecule has 2 heteroatoms. The van der Waals surface area contributed by atoms with Gasteiger partial charge in [-0.1, -0.05) is 45.6 Å². The fraction of sp³-hybridized carbons (Fsp3) is 0.800. The van der Waals surface area contributed by atoms with Gasteiger partial charge in [-0.25, -0.2) is 0 Å². The predicted octanol–water partition coefficient (Wildman–Crippen LogP) is 2.94. The predicted molar refractivity (Wildman–Crippen MR) is 60.0 cm³/mol. The summed E-state index contributed by atoms with van der Waals surface area (Å²) >= 11 is 0. The van der Waals surface area contributed by atoms with Crippen LogP contribution in [0, 0.1) is 0 Å². The lowest BCUT2D eigenvalue weighted by atomic mass is 10.2. The van der Waals surface area contributed by atoms with Crippen molar-refractivity contribution < 1.29 is 0 Å². The summed E-state index contributed by atoms with van der Waals surface area (Å²) in [5.74, 6) is 0. The van der Waals surface area contributed by atoms with Crippen LogP contribution >= 0.6 is 0 Å². The topological polar surface area (TPSA) is 26.0 Å². The minimum absolute atomic E-state index is 0.456. The third-order valence-corrected chi connectivity index (χ3v) is 7.74. The third-order valence-electron chi connectivity index (χ3n) is 2.80. The van der Waals surface area contributed by atoms with Crippen molar-refractivity contribution in [1.82, 2.24) is 0 Å². The van der Waals surface area contributed by atoms with Crippen molar-refractivity contribution in [2.24, 2.45) is 5.73 Å². The summed E-state index contributed by atoms with van der Waals surface area (Å²) in [5, 5.41) is 0.456. The molecule has 0 aliphatic rings. The third kappa shape index (κ3) is 3.54. The normalized spacial score (nSPS) is 14.2. The maximum Gasteiger partial charge on any atom is 0.0766 e. The van der Waals surface area contributed by atoms with Gasteiger partial charge in [-0.15, -0.1) is 0 Å². The zero-order valence-corrected chi connectivity index (χ0v) is 10.1. The van der Waals surface area contributed by atoms with Crippen LogP contribution in [0.15, 0.2) is 11.8 Å². The Labute approximate surface area is 78.1 Å². The van der Waals surface area contributed by atoms with Gasteiger partial charge >= 0.3 is 0 Å². The van der Waals surface area contributed by atoms with Crippen molar-refractivity contribution in [3.63, 3.8) is 0 Å². The molecule has 0 spiro atoms. The average Bonchev–Trinajstić information content (AvgIpc) is 1.85. The highest BCUT2D eigenvalue weighted by Gasteiger charge is 2.31. The second-order valence-electron chi connectivity index (χ2n) is 4.95. The first-order valence-corrected chi connectivity index (χ1v) is 7.77. The molecule has 0 saturated heterocycles. The van der Waals surface area contributed by atoms with Crippen molar-refractivity contribution >= 4 is 8.07 Å². The minimum Gasteiger partial charge on any atom is -0.330 e. The second-order valence-corrected chi connectivity index (χ2v) is 10.2. The maximum atomic E-state index is 5.43. The standard InChI is InChI=1S/C10H23NSi/c1-10(2,3)12(4,5)9-7-6-8-11/h7,9H,6,8,11H2,1-5H3. The Kier molecular flexibility index (Phi) is 4.21. The summed E-state index contributed by atoms with van der Waals surface area (Å²) in [7, 11) is -1.18. The van der Waals surface area contributed by atoms with Gasteiger partial charge in [-0.05, 0) is 18.0 Å². The lowest BCUT2D eigenvalue weighted by molar-refractivity contribution is 0.728. The monoisotopic (exact) mass is 185 g/mol. The van der Waals surface area contributed by atoms with E-state index in [-0.39, 0.29) is 0 Å².